The molecule has 2 aromatic rings. The molecule has 0 radical (unpaired) electrons. The van der Waals surface area contributed by atoms with Gasteiger partial charge >= 0.3 is 6.36 Å². The van der Waals surface area contributed by atoms with E-state index < -0.39 is 16.4 Å². The number of nitrogens with zero attached hydrogens (tertiary/aromatic N) is 1. The second-order valence-electron chi connectivity index (χ2n) is 7.44. The molecule has 0 aliphatic carbocycles. The Balaban J connectivity index is 0.00000363. The minimum absolute atomic E-state index is 0. The fraction of sp³-hybridized carbons (Fsp3) is 0.429. The summed E-state index contributed by atoms with van der Waals surface area (Å²) in [4.78, 5) is 0. The molecule has 3 rings (SSSR count). The molecular formula is C21H26ClF3N2O4S. The first-order valence-electron chi connectivity index (χ1n) is 9.73. The second kappa shape index (κ2) is 10.7. The number of rotatable bonds is 7. The Hall–Kier alpha value is -2.01. The van der Waals surface area contributed by atoms with Crippen LogP contribution in [-0.2, 0) is 16.6 Å². The molecule has 32 heavy (non-hydrogen) atoms. The highest BCUT2D eigenvalue weighted by Gasteiger charge is 2.34. The zero-order valence-electron chi connectivity index (χ0n) is 17.6. The molecule has 1 fully saturated rings. The standard InChI is InChI=1S/C21H25F3N2O4S.ClH/c1-29-20-9-8-17(30-21(22,23)24)12-16(20)13-25-19-10-11-26(31(2,27)28)14-18(19)15-6-4-3-5-7-15;/h3-9,12,18-19,25H,10-11,13-14H2,1-2H3;1H/t18-,19-;/m0./s1. The minimum atomic E-state index is -4.78. The third-order valence-electron chi connectivity index (χ3n) is 5.31. The van der Waals surface area contributed by atoms with Crippen LogP contribution in [0.1, 0.15) is 23.5 Å². The van der Waals surface area contributed by atoms with Gasteiger partial charge in [0.05, 0.1) is 13.4 Å². The van der Waals surface area contributed by atoms with Crippen LogP contribution in [0.2, 0.25) is 0 Å². The van der Waals surface area contributed by atoms with E-state index in [0.29, 0.717) is 30.8 Å². The maximum absolute atomic E-state index is 12.6. The lowest BCUT2D eigenvalue weighted by molar-refractivity contribution is -0.274. The van der Waals surface area contributed by atoms with E-state index in [1.807, 2.05) is 30.3 Å². The third kappa shape index (κ3) is 6.99. The van der Waals surface area contributed by atoms with Gasteiger partial charge in [-0.3, -0.25) is 0 Å². The summed E-state index contributed by atoms with van der Waals surface area (Å²) in [5, 5.41) is 3.38. The lowest BCUT2D eigenvalue weighted by Crippen LogP contribution is -2.49. The zero-order chi connectivity index (χ0) is 22.6. The molecule has 6 nitrogen and oxygen atoms in total. The van der Waals surface area contributed by atoms with Gasteiger partial charge in [0.1, 0.15) is 11.5 Å². The number of halogens is 4. The zero-order valence-corrected chi connectivity index (χ0v) is 19.3. The normalized spacial score (nSPS) is 19.8. The molecule has 0 aromatic heterocycles. The van der Waals surface area contributed by atoms with Gasteiger partial charge in [-0.05, 0) is 30.2 Å². The van der Waals surface area contributed by atoms with Crippen molar-refractivity contribution in [1.82, 2.24) is 9.62 Å². The Bertz CT molecular complexity index is 990. The summed E-state index contributed by atoms with van der Waals surface area (Å²) >= 11 is 0. The van der Waals surface area contributed by atoms with Crippen LogP contribution in [0.25, 0.3) is 0 Å². The lowest BCUT2D eigenvalue weighted by atomic mass is 9.86. The number of hydrogen-bond acceptors (Lipinski definition) is 5. The summed E-state index contributed by atoms with van der Waals surface area (Å²) in [7, 11) is -1.88. The quantitative estimate of drug-likeness (QED) is 0.632. The van der Waals surface area contributed by atoms with Crippen LogP contribution in [-0.4, -0.2) is 51.6 Å². The maximum atomic E-state index is 12.6. The SMILES string of the molecule is COc1ccc(OC(F)(F)F)cc1CN[C@H]1CCN(S(C)(=O)=O)C[C@H]1c1ccccc1.Cl. The fourth-order valence-electron chi connectivity index (χ4n) is 3.84. The van der Waals surface area contributed by atoms with E-state index in [1.165, 1.54) is 35.9 Å². The number of hydrogen-bond donors (Lipinski definition) is 1. The second-order valence-corrected chi connectivity index (χ2v) is 9.42. The number of alkyl halides is 3. The molecule has 1 aliphatic heterocycles. The Morgan fingerprint density at radius 2 is 1.84 bits per heavy atom. The van der Waals surface area contributed by atoms with E-state index in [4.69, 9.17) is 4.74 Å². The predicted octanol–water partition coefficient (Wildman–Crippen LogP) is 3.92. The minimum Gasteiger partial charge on any atom is -0.496 e. The summed E-state index contributed by atoms with van der Waals surface area (Å²) in [6.07, 6.45) is -3.02. The van der Waals surface area contributed by atoms with Crippen LogP contribution in [0.5, 0.6) is 11.5 Å². The predicted molar refractivity (Wildman–Crippen MR) is 118 cm³/mol. The molecule has 0 unspecified atom stereocenters. The summed E-state index contributed by atoms with van der Waals surface area (Å²) in [6, 6.07) is 13.4. The molecule has 0 bridgehead atoms. The van der Waals surface area contributed by atoms with Gasteiger partial charge in [-0.2, -0.15) is 0 Å². The molecule has 2 atom stereocenters. The molecule has 2 aromatic carbocycles. The van der Waals surface area contributed by atoms with Crippen molar-refractivity contribution in [1.29, 1.82) is 0 Å². The number of benzene rings is 2. The molecule has 1 aliphatic rings. The van der Waals surface area contributed by atoms with Crippen LogP contribution in [0, 0.1) is 0 Å². The van der Waals surface area contributed by atoms with Gasteiger partial charge in [0, 0.05) is 37.2 Å². The molecular weight excluding hydrogens is 469 g/mol. The van der Waals surface area contributed by atoms with Crippen LogP contribution < -0.4 is 14.8 Å². The Labute approximate surface area is 192 Å². The van der Waals surface area contributed by atoms with Gasteiger partial charge in [-0.1, -0.05) is 30.3 Å². The smallest absolute Gasteiger partial charge is 0.496 e. The van der Waals surface area contributed by atoms with Gasteiger partial charge in [-0.25, -0.2) is 12.7 Å². The molecule has 1 N–H and O–H groups in total. The van der Waals surface area contributed by atoms with Gasteiger partial charge in [0.15, 0.2) is 0 Å². The van der Waals surface area contributed by atoms with Crippen molar-refractivity contribution in [3.8, 4) is 11.5 Å². The summed E-state index contributed by atoms with van der Waals surface area (Å²) < 4.78 is 72.6. The summed E-state index contributed by atoms with van der Waals surface area (Å²) in [5.41, 5.74) is 1.51. The first-order valence-corrected chi connectivity index (χ1v) is 11.6. The van der Waals surface area contributed by atoms with E-state index in [0.717, 1.165) is 5.56 Å². The molecule has 0 amide bonds. The van der Waals surface area contributed by atoms with E-state index in [1.54, 1.807) is 0 Å². The molecule has 11 heteroatoms. The van der Waals surface area contributed by atoms with Crippen molar-refractivity contribution in [3.05, 3.63) is 59.7 Å². The van der Waals surface area contributed by atoms with Crippen molar-refractivity contribution in [2.45, 2.75) is 31.3 Å². The van der Waals surface area contributed by atoms with E-state index >= 15 is 0 Å². The highest BCUT2D eigenvalue weighted by Crippen LogP contribution is 2.31. The fourth-order valence-corrected chi connectivity index (χ4v) is 4.71. The molecule has 1 heterocycles. The number of sulfonamides is 1. The van der Waals surface area contributed by atoms with Crippen molar-refractivity contribution in [2.24, 2.45) is 0 Å². The largest absolute Gasteiger partial charge is 0.573 e. The van der Waals surface area contributed by atoms with Crippen LogP contribution in [0.3, 0.4) is 0 Å². The van der Waals surface area contributed by atoms with Crippen LogP contribution in [0.15, 0.2) is 48.5 Å². The number of ether oxygens (including phenoxy) is 2. The lowest BCUT2D eigenvalue weighted by Gasteiger charge is -2.38. The van der Waals surface area contributed by atoms with Crippen LogP contribution in [0.4, 0.5) is 13.2 Å². The molecule has 1 saturated heterocycles. The monoisotopic (exact) mass is 494 g/mol. The third-order valence-corrected chi connectivity index (χ3v) is 6.58. The molecule has 178 valence electrons. The average molecular weight is 495 g/mol. The Morgan fingerprint density at radius 3 is 2.44 bits per heavy atom. The number of piperidine rings is 1. The van der Waals surface area contributed by atoms with Gasteiger partial charge in [0.25, 0.3) is 0 Å². The summed E-state index contributed by atoms with van der Waals surface area (Å²) in [5.74, 6) is 0.00809. The Kier molecular flexibility index (Phi) is 8.81. The van der Waals surface area contributed by atoms with E-state index in [2.05, 4.69) is 10.1 Å². The van der Waals surface area contributed by atoms with Gasteiger partial charge < -0.3 is 14.8 Å². The molecule has 0 spiro atoms. The van der Waals surface area contributed by atoms with Crippen LogP contribution >= 0.6 is 12.4 Å². The van der Waals surface area contributed by atoms with Crippen molar-refractivity contribution in [2.75, 3.05) is 26.5 Å². The topological polar surface area (TPSA) is 67.9 Å². The first-order chi connectivity index (χ1) is 14.6. The highest BCUT2D eigenvalue weighted by molar-refractivity contribution is 7.88. The highest BCUT2D eigenvalue weighted by atomic mass is 35.5. The van der Waals surface area contributed by atoms with Crippen molar-refractivity contribution >= 4 is 22.4 Å². The summed E-state index contributed by atoms with van der Waals surface area (Å²) in [6.45, 7) is 0.939. The van der Waals surface area contributed by atoms with E-state index in [9.17, 15) is 21.6 Å². The maximum Gasteiger partial charge on any atom is 0.573 e. The number of nitrogens with one attached hydrogen (secondary N) is 1. The van der Waals surface area contributed by atoms with E-state index in [-0.39, 0.29) is 36.7 Å². The van der Waals surface area contributed by atoms with Crippen molar-refractivity contribution in [3.63, 3.8) is 0 Å². The van der Waals surface area contributed by atoms with Gasteiger partial charge in [-0.15, -0.1) is 25.6 Å². The van der Waals surface area contributed by atoms with Crippen molar-refractivity contribution < 1.29 is 31.1 Å². The first kappa shape index (κ1) is 26.2. The average Bonchev–Trinajstić information content (AvgIpc) is 2.71. The van der Waals surface area contributed by atoms with Gasteiger partial charge in [0.2, 0.25) is 10.0 Å². The molecule has 0 saturated carbocycles. The Morgan fingerprint density at radius 1 is 1.16 bits per heavy atom. The number of methoxy groups -OCH3 is 1.